The Labute approximate surface area is 189 Å². The lowest BCUT2D eigenvalue weighted by atomic mass is 10.1. The Morgan fingerprint density at radius 2 is 1.70 bits per heavy atom. The Morgan fingerprint density at radius 1 is 1.03 bits per heavy atom. The van der Waals surface area contributed by atoms with Gasteiger partial charge in [0.2, 0.25) is 5.91 Å². The predicted molar refractivity (Wildman–Crippen MR) is 123 cm³/mol. The summed E-state index contributed by atoms with van der Waals surface area (Å²) in [5.74, 6) is -0.152. The van der Waals surface area contributed by atoms with Crippen LogP contribution in [0.1, 0.15) is 23.6 Å². The Kier molecular flexibility index (Phi) is 8.92. The molecule has 2 heterocycles. The molecule has 2 aliphatic rings. The lowest BCUT2D eigenvalue weighted by molar-refractivity contribution is -0.126. The van der Waals surface area contributed by atoms with Gasteiger partial charge in [0, 0.05) is 51.5 Å². The number of benzene rings is 2. The van der Waals surface area contributed by atoms with Crippen molar-refractivity contribution in [3.63, 3.8) is 0 Å². The third kappa shape index (κ3) is 5.64. The van der Waals surface area contributed by atoms with Crippen LogP contribution in [-0.4, -0.2) is 43.0 Å². The third-order valence-electron chi connectivity index (χ3n) is 5.80. The number of nitrogens with zero attached hydrogens (tertiary/aromatic N) is 2. The van der Waals surface area contributed by atoms with E-state index in [1.807, 2.05) is 19.1 Å². The molecule has 2 N–H and O–H groups in total. The maximum atomic E-state index is 13.1. The van der Waals surface area contributed by atoms with Gasteiger partial charge in [-0.05, 0) is 47.9 Å². The largest absolute Gasteiger partial charge is 0.369 e. The minimum absolute atomic E-state index is 0. The van der Waals surface area contributed by atoms with E-state index < -0.39 is 0 Å². The molecule has 1 amide bonds. The van der Waals surface area contributed by atoms with Gasteiger partial charge in [-0.25, -0.2) is 4.39 Å². The molecule has 5 nitrogen and oxygen atoms in total. The molecule has 164 valence electrons. The van der Waals surface area contributed by atoms with E-state index in [0.717, 1.165) is 50.5 Å². The van der Waals surface area contributed by atoms with Gasteiger partial charge in [-0.3, -0.25) is 9.69 Å². The van der Waals surface area contributed by atoms with Gasteiger partial charge in [0.25, 0.3) is 0 Å². The van der Waals surface area contributed by atoms with E-state index in [2.05, 4.69) is 38.6 Å². The minimum atomic E-state index is -0.215. The summed E-state index contributed by atoms with van der Waals surface area (Å²) in [5.41, 5.74) is 4.85. The van der Waals surface area contributed by atoms with Crippen molar-refractivity contribution in [2.75, 3.05) is 31.1 Å². The lowest BCUT2D eigenvalue weighted by Crippen LogP contribution is -2.53. The highest BCUT2D eigenvalue weighted by Gasteiger charge is 2.25. The van der Waals surface area contributed by atoms with E-state index in [0.29, 0.717) is 6.54 Å². The summed E-state index contributed by atoms with van der Waals surface area (Å²) in [5, 5.41) is 6.42. The van der Waals surface area contributed by atoms with Gasteiger partial charge >= 0.3 is 0 Å². The van der Waals surface area contributed by atoms with Crippen LogP contribution in [0.15, 0.2) is 42.5 Å². The molecule has 0 aromatic heterocycles. The number of hydrogen-bond donors (Lipinski definition) is 2. The number of carbonyl (C=O) groups is 1. The maximum Gasteiger partial charge on any atom is 0.237 e. The average Bonchev–Trinajstić information content (AvgIpc) is 3.20. The molecule has 0 aliphatic carbocycles. The Hall–Kier alpha value is -1.86. The summed E-state index contributed by atoms with van der Waals surface area (Å²) in [6.07, 6.45) is 0. The van der Waals surface area contributed by atoms with Crippen molar-refractivity contribution in [1.82, 2.24) is 15.5 Å². The summed E-state index contributed by atoms with van der Waals surface area (Å²) in [4.78, 5) is 17.1. The summed E-state index contributed by atoms with van der Waals surface area (Å²) in [6.45, 7) is 7.67. The maximum absolute atomic E-state index is 13.1. The highest BCUT2D eigenvalue weighted by Crippen LogP contribution is 2.19. The fourth-order valence-electron chi connectivity index (χ4n) is 3.98. The molecular formula is C22H29Cl2FN4O. The second kappa shape index (κ2) is 11.0. The molecule has 8 heteroatoms. The van der Waals surface area contributed by atoms with Crippen molar-refractivity contribution in [3.8, 4) is 0 Å². The summed E-state index contributed by atoms with van der Waals surface area (Å²) >= 11 is 0. The number of piperazine rings is 1. The number of nitrogens with one attached hydrogen (secondary N) is 2. The van der Waals surface area contributed by atoms with Crippen molar-refractivity contribution in [3.05, 3.63) is 65.0 Å². The second-order valence-corrected chi connectivity index (χ2v) is 7.60. The van der Waals surface area contributed by atoms with Crippen molar-refractivity contribution < 1.29 is 9.18 Å². The highest BCUT2D eigenvalue weighted by molar-refractivity contribution is 5.85. The van der Waals surface area contributed by atoms with Gasteiger partial charge < -0.3 is 15.5 Å². The Morgan fingerprint density at radius 3 is 2.40 bits per heavy atom. The van der Waals surface area contributed by atoms with Crippen LogP contribution in [0.2, 0.25) is 0 Å². The van der Waals surface area contributed by atoms with Crippen LogP contribution in [0.4, 0.5) is 10.1 Å². The van der Waals surface area contributed by atoms with Crippen LogP contribution in [0.5, 0.6) is 0 Å². The van der Waals surface area contributed by atoms with Crippen LogP contribution in [0.3, 0.4) is 0 Å². The zero-order chi connectivity index (χ0) is 19.5. The fourth-order valence-corrected chi connectivity index (χ4v) is 3.98. The molecule has 30 heavy (non-hydrogen) atoms. The summed E-state index contributed by atoms with van der Waals surface area (Å²) in [7, 11) is 0. The molecule has 1 fully saturated rings. The first-order valence-electron chi connectivity index (χ1n) is 9.94. The van der Waals surface area contributed by atoms with E-state index in [9.17, 15) is 9.18 Å². The van der Waals surface area contributed by atoms with Crippen LogP contribution in [0, 0.1) is 5.82 Å². The molecule has 0 bridgehead atoms. The summed E-state index contributed by atoms with van der Waals surface area (Å²) in [6, 6.07) is 12.9. The summed E-state index contributed by atoms with van der Waals surface area (Å²) < 4.78 is 13.1. The SMILES string of the molecule is CC(C(=O)NCc1ccc2c(c1)CNC2)N1CCN(c2ccc(F)cc2)CC1.Cl.Cl. The van der Waals surface area contributed by atoms with Gasteiger partial charge in [-0.2, -0.15) is 0 Å². The number of amides is 1. The zero-order valence-corrected chi connectivity index (χ0v) is 18.7. The molecule has 0 radical (unpaired) electrons. The second-order valence-electron chi connectivity index (χ2n) is 7.60. The number of hydrogen-bond acceptors (Lipinski definition) is 4. The topological polar surface area (TPSA) is 47.6 Å². The first kappa shape index (κ1) is 24.4. The van der Waals surface area contributed by atoms with Crippen molar-refractivity contribution in [2.45, 2.75) is 32.6 Å². The van der Waals surface area contributed by atoms with E-state index in [4.69, 9.17) is 0 Å². The van der Waals surface area contributed by atoms with E-state index in [1.165, 1.54) is 23.3 Å². The van der Waals surface area contributed by atoms with Crippen molar-refractivity contribution >= 4 is 36.4 Å². The van der Waals surface area contributed by atoms with Crippen LogP contribution < -0.4 is 15.5 Å². The van der Waals surface area contributed by atoms with Gasteiger partial charge in [0.15, 0.2) is 0 Å². The molecule has 1 atom stereocenters. The van der Waals surface area contributed by atoms with Gasteiger partial charge in [-0.1, -0.05) is 18.2 Å². The smallest absolute Gasteiger partial charge is 0.237 e. The monoisotopic (exact) mass is 454 g/mol. The zero-order valence-electron chi connectivity index (χ0n) is 17.1. The van der Waals surface area contributed by atoms with E-state index in [-0.39, 0.29) is 42.6 Å². The molecule has 0 spiro atoms. The molecule has 2 aromatic rings. The molecule has 1 unspecified atom stereocenters. The predicted octanol–water partition coefficient (Wildman–Crippen LogP) is 3.10. The molecule has 2 aromatic carbocycles. The molecule has 4 rings (SSSR count). The van der Waals surface area contributed by atoms with Crippen LogP contribution in [0.25, 0.3) is 0 Å². The number of carbonyl (C=O) groups excluding carboxylic acids is 1. The van der Waals surface area contributed by atoms with Gasteiger partial charge in [0.05, 0.1) is 6.04 Å². The highest BCUT2D eigenvalue weighted by atomic mass is 35.5. The lowest BCUT2D eigenvalue weighted by Gasteiger charge is -2.38. The first-order valence-corrected chi connectivity index (χ1v) is 9.94. The van der Waals surface area contributed by atoms with Crippen LogP contribution in [-0.2, 0) is 24.4 Å². The number of rotatable bonds is 5. The van der Waals surface area contributed by atoms with Crippen LogP contribution >= 0.6 is 24.8 Å². The molecule has 1 saturated heterocycles. The molecule has 2 aliphatic heterocycles. The minimum Gasteiger partial charge on any atom is -0.369 e. The van der Waals surface area contributed by atoms with Gasteiger partial charge in [-0.15, -0.1) is 24.8 Å². The van der Waals surface area contributed by atoms with E-state index in [1.54, 1.807) is 0 Å². The number of halogens is 3. The van der Waals surface area contributed by atoms with Crippen molar-refractivity contribution in [2.24, 2.45) is 0 Å². The van der Waals surface area contributed by atoms with Crippen molar-refractivity contribution in [1.29, 1.82) is 0 Å². The Bertz CT molecular complexity index is 842. The quantitative estimate of drug-likeness (QED) is 0.728. The normalized spacial score (nSPS) is 16.8. The third-order valence-corrected chi connectivity index (χ3v) is 5.80. The average molecular weight is 455 g/mol. The molecular weight excluding hydrogens is 426 g/mol. The molecule has 0 saturated carbocycles. The number of anilines is 1. The fraction of sp³-hybridized carbons (Fsp3) is 0.409. The standard InChI is InChI=1S/C22H27FN4O.2ClH/c1-16(22(28)25-13-17-2-3-18-14-24-15-19(18)12-17)26-8-10-27(11-9-26)21-6-4-20(23)5-7-21;;/h2-7,12,16,24H,8-11,13-15H2,1H3,(H,25,28);2*1H. The Balaban J connectivity index is 0.00000160. The number of fused-ring (bicyclic) bond motifs is 1. The van der Waals surface area contributed by atoms with Gasteiger partial charge in [0.1, 0.15) is 5.82 Å². The first-order chi connectivity index (χ1) is 13.6. The van der Waals surface area contributed by atoms with E-state index >= 15 is 0 Å².